The zero-order chi connectivity index (χ0) is 15.2. The third-order valence-electron chi connectivity index (χ3n) is 4.29. The summed E-state index contributed by atoms with van der Waals surface area (Å²) in [6, 6.07) is 8.66. The van der Waals surface area contributed by atoms with Gasteiger partial charge in [-0.3, -0.25) is 4.79 Å². The molecule has 0 aliphatic carbocycles. The predicted octanol–water partition coefficient (Wildman–Crippen LogP) is 2.75. The Balaban J connectivity index is 2.00. The monoisotopic (exact) mass is 290 g/mol. The van der Waals surface area contributed by atoms with Crippen molar-refractivity contribution >= 4 is 5.91 Å². The van der Waals surface area contributed by atoms with E-state index in [4.69, 9.17) is 4.74 Å². The number of benzene rings is 1. The number of carbonyl (C=O) groups excluding carboxylic acids is 1. The van der Waals surface area contributed by atoms with E-state index in [1.165, 1.54) is 5.56 Å². The highest BCUT2D eigenvalue weighted by Crippen LogP contribution is 2.32. The molecule has 4 nitrogen and oxygen atoms in total. The fraction of sp³-hybridized carbons (Fsp3) is 0.588. The Morgan fingerprint density at radius 1 is 1.43 bits per heavy atom. The van der Waals surface area contributed by atoms with Gasteiger partial charge in [-0.15, -0.1) is 0 Å². The molecule has 116 valence electrons. The van der Waals surface area contributed by atoms with Crippen molar-refractivity contribution in [3.63, 3.8) is 0 Å². The van der Waals surface area contributed by atoms with Crippen LogP contribution in [0.25, 0.3) is 0 Å². The summed E-state index contributed by atoms with van der Waals surface area (Å²) >= 11 is 0. The summed E-state index contributed by atoms with van der Waals surface area (Å²) in [4.78, 5) is 14.4. The number of methoxy groups -OCH3 is 1. The normalized spacial score (nSPS) is 19.6. The van der Waals surface area contributed by atoms with Crippen LogP contribution in [0.2, 0.25) is 0 Å². The zero-order valence-corrected chi connectivity index (χ0v) is 13.3. The van der Waals surface area contributed by atoms with Crippen molar-refractivity contribution in [3.05, 3.63) is 29.8 Å². The van der Waals surface area contributed by atoms with E-state index in [9.17, 15) is 4.79 Å². The Bertz CT molecular complexity index is 458. The van der Waals surface area contributed by atoms with Crippen molar-refractivity contribution in [3.8, 4) is 5.75 Å². The summed E-state index contributed by atoms with van der Waals surface area (Å²) in [6.07, 6.45) is 3.16. The molecule has 2 unspecified atom stereocenters. The van der Waals surface area contributed by atoms with Crippen molar-refractivity contribution < 1.29 is 9.53 Å². The molecule has 1 amide bonds. The van der Waals surface area contributed by atoms with E-state index in [0.29, 0.717) is 12.6 Å². The number of nitrogens with one attached hydrogen (secondary N) is 1. The molecule has 0 saturated carbocycles. The van der Waals surface area contributed by atoms with E-state index in [-0.39, 0.29) is 11.9 Å². The number of carbonyl (C=O) groups is 1. The van der Waals surface area contributed by atoms with Gasteiger partial charge in [0.05, 0.1) is 19.7 Å². The van der Waals surface area contributed by atoms with Crippen molar-refractivity contribution in [2.75, 3.05) is 20.2 Å². The molecule has 1 aliphatic heterocycles. The zero-order valence-electron chi connectivity index (χ0n) is 13.3. The fourth-order valence-electron chi connectivity index (χ4n) is 2.75. The molecule has 1 fully saturated rings. The van der Waals surface area contributed by atoms with Gasteiger partial charge in [0.1, 0.15) is 5.75 Å². The molecule has 1 aliphatic rings. The predicted molar refractivity (Wildman–Crippen MR) is 84.4 cm³/mol. The minimum Gasteiger partial charge on any atom is -0.497 e. The second kappa shape index (κ2) is 7.46. The average molecular weight is 290 g/mol. The first-order valence-corrected chi connectivity index (χ1v) is 7.82. The Kier molecular flexibility index (Phi) is 5.62. The second-order valence-electron chi connectivity index (χ2n) is 5.71. The van der Waals surface area contributed by atoms with Crippen LogP contribution in [0.3, 0.4) is 0 Å². The molecule has 0 bridgehead atoms. The molecule has 1 heterocycles. The van der Waals surface area contributed by atoms with E-state index in [1.54, 1.807) is 7.11 Å². The number of ether oxygens (including phenoxy) is 1. The minimum atomic E-state index is 0.202. The molecule has 2 rings (SSSR count). The fourth-order valence-corrected chi connectivity index (χ4v) is 2.75. The van der Waals surface area contributed by atoms with E-state index < -0.39 is 0 Å². The van der Waals surface area contributed by atoms with E-state index >= 15 is 0 Å². The van der Waals surface area contributed by atoms with E-state index in [0.717, 1.165) is 31.6 Å². The highest BCUT2D eigenvalue weighted by Gasteiger charge is 2.29. The van der Waals surface area contributed by atoms with Crippen LogP contribution < -0.4 is 10.1 Å². The molecular formula is C17H26N2O2. The third-order valence-corrected chi connectivity index (χ3v) is 4.29. The van der Waals surface area contributed by atoms with Gasteiger partial charge < -0.3 is 15.0 Å². The van der Waals surface area contributed by atoms with Gasteiger partial charge in [0.15, 0.2) is 0 Å². The SMILES string of the molecule is CCC(C)NCC(=O)N1CCCC1c1ccc(OC)cc1. The molecule has 2 atom stereocenters. The summed E-state index contributed by atoms with van der Waals surface area (Å²) in [5.74, 6) is 1.06. The molecule has 1 aromatic rings. The van der Waals surface area contributed by atoms with Crippen LogP contribution in [0, 0.1) is 0 Å². The highest BCUT2D eigenvalue weighted by atomic mass is 16.5. The van der Waals surface area contributed by atoms with Gasteiger partial charge in [-0.2, -0.15) is 0 Å². The molecule has 0 spiro atoms. The van der Waals surface area contributed by atoms with Crippen LogP contribution in [-0.2, 0) is 4.79 Å². The number of likely N-dealkylation sites (tertiary alicyclic amines) is 1. The van der Waals surface area contributed by atoms with Crippen LogP contribution in [0.5, 0.6) is 5.75 Å². The second-order valence-corrected chi connectivity index (χ2v) is 5.71. The lowest BCUT2D eigenvalue weighted by atomic mass is 10.0. The van der Waals surface area contributed by atoms with Crippen LogP contribution in [0.1, 0.15) is 44.7 Å². The van der Waals surface area contributed by atoms with Gasteiger partial charge in [-0.05, 0) is 43.9 Å². The lowest BCUT2D eigenvalue weighted by Crippen LogP contribution is -2.40. The van der Waals surface area contributed by atoms with Crippen molar-refractivity contribution in [2.24, 2.45) is 0 Å². The summed E-state index contributed by atoms with van der Waals surface area (Å²) in [6.45, 7) is 5.52. The first-order chi connectivity index (χ1) is 10.2. The number of nitrogens with zero attached hydrogens (tertiary/aromatic N) is 1. The van der Waals surface area contributed by atoms with Gasteiger partial charge in [0.25, 0.3) is 0 Å². The summed E-state index contributed by atoms with van der Waals surface area (Å²) in [7, 11) is 1.67. The smallest absolute Gasteiger partial charge is 0.237 e. The molecule has 21 heavy (non-hydrogen) atoms. The number of hydrogen-bond acceptors (Lipinski definition) is 3. The summed E-state index contributed by atoms with van der Waals surface area (Å²) < 4.78 is 5.19. The molecule has 0 radical (unpaired) electrons. The molecule has 1 saturated heterocycles. The van der Waals surface area contributed by atoms with Crippen molar-refractivity contribution in [2.45, 2.75) is 45.2 Å². The number of rotatable bonds is 6. The molecule has 0 aromatic heterocycles. The first-order valence-electron chi connectivity index (χ1n) is 7.82. The number of hydrogen-bond donors (Lipinski definition) is 1. The lowest BCUT2D eigenvalue weighted by Gasteiger charge is -2.26. The maximum atomic E-state index is 12.4. The standard InChI is InChI=1S/C17H26N2O2/c1-4-13(2)18-12-17(20)19-11-5-6-16(19)14-7-9-15(21-3)10-8-14/h7-10,13,16,18H,4-6,11-12H2,1-3H3. The van der Waals surface area contributed by atoms with Gasteiger partial charge in [0.2, 0.25) is 5.91 Å². The van der Waals surface area contributed by atoms with Crippen LogP contribution in [-0.4, -0.2) is 37.0 Å². The van der Waals surface area contributed by atoms with Gasteiger partial charge in [-0.25, -0.2) is 0 Å². The van der Waals surface area contributed by atoms with Crippen molar-refractivity contribution in [1.82, 2.24) is 10.2 Å². The van der Waals surface area contributed by atoms with Crippen LogP contribution in [0.15, 0.2) is 24.3 Å². The lowest BCUT2D eigenvalue weighted by molar-refractivity contribution is -0.131. The van der Waals surface area contributed by atoms with E-state index in [1.807, 2.05) is 17.0 Å². The Morgan fingerprint density at radius 3 is 2.76 bits per heavy atom. The maximum absolute atomic E-state index is 12.4. The van der Waals surface area contributed by atoms with E-state index in [2.05, 4.69) is 31.3 Å². The van der Waals surface area contributed by atoms with Gasteiger partial charge in [0, 0.05) is 12.6 Å². The summed E-state index contributed by atoms with van der Waals surface area (Å²) in [5.41, 5.74) is 1.20. The van der Waals surface area contributed by atoms with Gasteiger partial charge in [-0.1, -0.05) is 19.1 Å². The largest absolute Gasteiger partial charge is 0.497 e. The highest BCUT2D eigenvalue weighted by molar-refractivity contribution is 5.79. The molecule has 4 heteroatoms. The first kappa shape index (κ1) is 15.8. The van der Waals surface area contributed by atoms with Crippen molar-refractivity contribution in [1.29, 1.82) is 0 Å². The topological polar surface area (TPSA) is 41.6 Å². The maximum Gasteiger partial charge on any atom is 0.237 e. The Labute approximate surface area is 127 Å². The van der Waals surface area contributed by atoms with Crippen LogP contribution >= 0.6 is 0 Å². The van der Waals surface area contributed by atoms with Crippen LogP contribution in [0.4, 0.5) is 0 Å². The molecule has 1 N–H and O–H groups in total. The third kappa shape index (κ3) is 3.97. The average Bonchev–Trinajstić information content (AvgIpc) is 3.01. The number of amides is 1. The molecular weight excluding hydrogens is 264 g/mol. The summed E-state index contributed by atoms with van der Waals surface area (Å²) in [5, 5.41) is 3.29. The molecule has 1 aromatic carbocycles. The quantitative estimate of drug-likeness (QED) is 0.876. The minimum absolute atomic E-state index is 0.202. The van der Waals surface area contributed by atoms with Gasteiger partial charge >= 0.3 is 0 Å². The Hall–Kier alpha value is -1.55. The Morgan fingerprint density at radius 2 is 2.14 bits per heavy atom.